The summed E-state index contributed by atoms with van der Waals surface area (Å²) in [5.41, 5.74) is 1.74. The molecular formula is C7H8N4. The van der Waals surface area contributed by atoms with Crippen LogP contribution in [-0.2, 0) is 0 Å². The van der Waals surface area contributed by atoms with Crippen LogP contribution < -0.4 is 0 Å². The predicted octanol–water partition coefficient (Wildman–Crippen LogP) is 2.09. The van der Waals surface area contributed by atoms with Crippen LogP contribution in [0.2, 0.25) is 0 Å². The highest BCUT2D eigenvalue weighted by molar-refractivity contribution is 5.41. The number of pyridine rings is 1. The van der Waals surface area contributed by atoms with Gasteiger partial charge in [0, 0.05) is 12.9 Å². The second-order valence-electron chi connectivity index (χ2n) is 1.99. The van der Waals surface area contributed by atoms with E-state index in [1.165, 1.54) is 0 Å². The van der Waals surface area contributed by atoms with Crippen LogP contribution in [0.4, 0.5) is 5.69 Å². The van der Waals surface area contributed by atoms with Gasteiger partial charge in [-0.05, 0) is 23.8 Å². The molecule has 0 radical (unpaired) electrons. The highest BCUT2D eigenvalue weighted by Crippen LogP contribution is 2.15. The number of aryl methyl sites for hydroxylation is 1. The van der Waals surface area contributed by atoms with Crippen molar-refractivity contribution < 1.29 is 0 Å². The van der Waals surface area contributed by atoms with Crippen molar-refractivity contribution in [3.05, 3.63) is 24.0 Å². The third-order valence-corrected chi connectivity index (χ3v) is 1.23. The van der Waals surface area contributed by atoms with Crippen LogP contribution in [0.1, 0.15) is 5.56 Å². The van der Waals surface area contributed by atoms with Crippen molar-refractivity contribution in [2.75, 3.05) is 0 Å². The Kier molecular flexibility index (Phi) is 2.43. The summed E-state index contributed by atoms with van der Waals surface area (Å²) in [4.78, 5) is 3.88. The molecule has 0 aliphatic carbocycles. The summed E-state index contributed by atoms with van der Waals surface area (Å²) in [5, 5.41) is 10.4. The lowest BCUT2D eigenvalue weighted by Gasteiger charge is -1.93. The molecular weight excluding hydrogens is 140 g/mol. The van der Waals surface area contributed by atoms with Gasteiger partial charge >= 0.3 is 0 Å². The van der Waals surface area contributed by atoms with Gasteiger partial charge in [0.15, 0.2) is 0 Å². The first-order valence-electron chi connectivity index (χ1n) is 3.12. The molecule has 0 aliphatic rings. The molecule has 0 amide bonds. The number of hydrogen-bond acceptors (Lipinski definition) is 3. The molecule has 4 nitrogen and oxygen atoms in total. The number of hydrogen-bond donors (Lipinski definition) is 0. The highest BCUT2D eigenvalue weighted by atomic mass is 15.4. The molecule has 56 valence electrons. The molecule has 0 aliphatic heterocycles. The normalized spacial score (nSPS) is 10.3. The standard InChI is InChI=1S/C7H8N4/c1-6-3-4-9-5-7(6)10-11-8-2/h3-5H,2H2,1H3. The first-order valence-corrected chi connectivity index (χ1v) is 3.12. The van der Waals surface area contributed by atoms with E-state index in [1.807, 2.05) is 13.0 Å². The van der Waals surface area contributed by atoms with Crippen molar-refractivity contribution in [1.82, 2.24) is 4.98 Å². The fraction of sp³-hybridized carbons (Fsp3) is 0.143. The van der Waals surface area contributed by atoms with Gasteiger partial charge in [0.2, 0.25) is 0 Å². The van der Waals surface area contributed by atoms with Gasteiger partial charge in [-0.2, -0.15) is 0 Å². The zero-order chi connectivity index (χ0) is 8.10. The van der Waals surface area contributed by atoms with Crippen LogP contribution in [0.3, 0.4) is 0 Å². The lowest BCUT2D eigenvalue weighted by molar-refractivity contribution is 1.05. The monoisotopic (exact) mass is 148 g/mol. The smallest absolute Gasteiger partial charge is 0.109 e. The third-order valence-electron chi connectivity index (χ3n) is 1.23. The van der Waals surface area contributed by atoms with E-state index in [-0.39, 0.29) is 0 Å². The van der Waals surface area contributed by atoms with Crippen LogP contribution in [0.5, 0.6) is 0 Å². The van der Waals surface area contributed by atoms with E-state index in [9.17, 15) is 0 Å². The molecule has 1 heterocycles. The molecule has 4 heteroatoms. The molecule has 0 aromatic carbocycles. The van der Waals surface area contributed by atoms with E-state index >= 15 is 0 Å². The summed E-state index contributed by atoms with van der Waals surface area (Å²) in [6.45, 7) is 5.10. The molecule has 0 atom stereocenters. The van der Waals surface area contributed by atoms with E-state index in [4.69, 9.17) is 0 Å². The summed E-state index contributed by atoms with van der Waals surface area (Å²) in [6, 6.07) is 1.86. The quantitative estimate of drug-likeness (QED) is 0.360. The van der Waals surface area contributed by atoms with E-state index in [1.54, 1.807) is 12.4 Å². The maximum absolute atomic E-state index is 3.88. The average molecular weight is 148 g/mol. The van der Waals surface area contributed by atoms with Gasteiger partial charge in [-0.25, -0.2) is 0 Å². The summed E-state index contributed by atoms with van der Waals surface area (Å²) < 4.78 is 0. The van der Waals surface area contributed by atoms with Crippen LogP contribution >= 0.6 is 0 Å². The molecule has 0 saturated heterocycles. The first-order chi connectivity index (χ1) is 5.34. The lowest BCUT2D eigenvalue weighted by atomic mass is 10.3. The largest absolute Gasteiger partial charge is 0.262 e. The molecule has 0 saturated carbocycles. The van der Waals surface area contributed by atoms with Crippen molar-refractivity contribution in [1.29, 1.82) is 0 Å². The molecule has 0 spiro atoms. The van der Waals surface area contributed by atoms with Crippen molar-refractivity contribution in [2.24, 2.45) is 15.4 Å². The van der Waals surface area contributed by atoms with Crippen molar-refractivity contribution in [3.63, 3.8) is 0 Å². The van der Waals surface area contributed by atoms with E-state index in [2.05, 4.69) is 27.1 Å². The van der Waals surface area contributed by atoms with Crippen LogP contribution in [0.25, 0.3) is 0 Å². The SMILES string of the molecule is C=NN=Nc1cnccc1C. The Bertz CT molecular complexity index is 280. The molecule has 0 bridgehead atoms. The minimum Gasteiger partial charge on any atom is -0.262 e. The van der Waals surface area contributed by atoms with E-state index < -0.39 is 0 Å². The molecule has 11 heavy (non-hydrogen) atoms. The summed E-state index contributed by atoms with van der Waals surface area (Å²) in [6.07, 6.45) is 3.33. The molecule has 1 aromatic rings. The number of rotatable bonds is 2. The second kappa shape index (κ2) is 3.55. The predicted molar refractivity (Wildman–Crippen MR) is 43.0 cm³/mol. The van der Waals surface area contributed by atoms with Crippen LogP contribution in [0, 0.1) is 6.92 Å². The Morgan fingerprint density at radius 2 is 2.36 bits per heavy atom. The first kappa shape index (κ1) is 7.53. The minimum absolute atomic E-state index is 0.722. The zero-order valence-electron chi connectivity index (χ0n) is 6.23. The Hall–Kier alpha value is -1.58. The molecule has 0 unspecified atom stereocenters. The number of aromatic nitrogens is 1. The maximum atomic E-state index is 3.88. The fourth-order valence-corrected chi connectivity index (χ4v) is 0.640. The summed E-state index contributed by atoms with van der Waals surface area (Å²) in [5.74, 6) is 0. The fourth-order valence-electron chi connectivity index (χ4n) is 0.640. The Morgan fingerprint density at radius 1 is 1.55 bits per heavy atom. The van der Waals surface area contributed by atoms with Gasteiger partial charge in [0.25, 0.3) is 0 Å². The van der Waals surface area contributed by atoms with Gasteiger partial charge in [0.05, 0.1) is 6.20 Å². The second-order valence-corrected chi connectivity index (χ2v) is 1.99. The lowest BCUT2D eigenvalue weighted by Crippen LogP contribution is -1.74. The molecule has 0 N–H and O–H groups in total. The van der Waals surface area contributed by atoms with E-state index in [0.717, 1.165) is 11.3 Å². The number of nitrogens with zero attached hydrogens (tertiary/aromatic N) is 4. The maximum Gasteiger partial charge on any atom is 0.109 e. The molecule has 1 aromatic heterocycles. The average Bonchev–Trinajstić information content (AvgIpc) is 2.03. The summed E-state index contributed by atoms with van der Waals surface area (Å²) >= 11 is 0. The van der Waals surface area contributed by atoms with Crippen molar-refractivity contribution in [2.45, 2.75) is 6.92 Å². The minimum atomic E-state index is 0.722. The van der Waals surface area contributed by atoms with Gasteiger partial charge in [0.1, 0.15) is 5.69 Å². The van der Waals surface area contributed by atoms with Crippen LogP contribution in [-0.4, -0.2) is 11.7 Å². The van der Waals surface area contributed by atoms with Gasteiger partial charge in [-0.1, -0.05) is 0 Å². The Labute approximate surface area is 64.7 Å². The topological polar surface area (TPSA) is 50.0 Å². The van der Waals surface area contributed by atoms with E-state index in [0.29, 0.717) is 0 Å². The van der Waals surface area contributed by atoms with Gasteiger partial charge in [-0.15, -0.1) is 10.2 Å². The Morgan fingerprint density at radius 3 is 3.00 bits per heavy atom. The Balaban J connectivity index is 2.94. The highest BCUT2D eigenvalue weighted by Gasteiger charge is 1.92. The zero-order valence-corrected chi connectivity index (χ0v) is 6.23. The molecule has 0 fully saturated rings. The third kappa shape index (κ3) is 1.93. The van der Waals surface area contributed by atoms with Crippen molar-refractivity contribution >= 4 is 12.4 Å². The van der Waals surface area contributed by atoms with Gasteiger partial charge in [-0.3, -0.25) is 4.98 Å². The molecule has 1 rings (SSSR count). The summed E-state index contributed by atoms with van der Waals surface area (Å²) in [7, 11) is 0. The van der Waals surface area contributed by atoms with Crippen molar-refractivity contribution in [3.8, 4) is 0 Å². The van der Waals surface area contributed by atoms with Crippen LogP contribution in [0.15, 0.2) is 33.9 Å². The van der Waals surface area contributed by atoms with Gasteiger partial charge < -0.3 is 0 Å².